The van der Waals surface area contributed by atoms with Crippen LogP contribution in [-0.4, -0.2) is 23.5 Å². The highest BCUT2D eigenvalue weighted by Gasteiger charge is 2.32. The van der Waals surface area contributed by atoms with E-state index in [1.54, 1.807) is 11.3 Å². The summed E-state index contributed by atoms with van der Waals surface area (Å²) in [7, 11) is 0. The van der Waals surface area contributed by atoms with Crippen LogP contribution in [0.15, 0.2) is 5.38 Å². The van der Waals surface area contributed by atoms with Crippen LogP contribution in [0.25, 0.3) is 0 Å². The lowest BCUT2D eigenvalue weighted by Crippen LogP contribution is -2.25. The molecule has 2 atom stereocenters. The molecule has 88 valence electrons. The molecule has 0 saturated carbocycles. The highest BCUT2D eigenvalue weighted by Crippen LogP contribution is 2.25. The Morgan fingerprint density at radius 1 is 1.69 bits per heavy atom. The second-order valence-electron chi connectivity index (χ2n) is 4.21. The number of thiazole rings is 1. The summed E-state index contributed by atoms with van der Waals surface area (Å²) >= 11 is 1.60. The number of Topliss-reactive ketones (excluding diaryl/α,β-unsaturated/α-hetero) is 1. The SMILES string of the molecule is CCC1OCCC1C(=O)Cc1csc(C)n1. The van der Waals surface area contributed by atoms with Gasteiger partial charge in [0.15, 0.2) is 0 Å². The summed E-state index contributed by atoms with van der Waals surface area (Å²) in [5, 5.41) is 3.00. The smallest absolute Gasteiger partial charge is 0.144 e. The van der Waals surface area contributed by atoms with Crippen molar-refractivity contribution in [2.45, 2.75) is 39.2 Å². The quantitative estimate of drug-likeness (QED) is 0.809. The van der Waals surface area contributed by atoms with Crippen molar-refractivity contribution in [2.24, 2.45) is 5.92 Å². The first-order valence-electron chi connectivity index (χ1n) is 5.76. The summed E-state index contributed by atoms with van der Waals surface area (Å²) in [6.07, 6.45) is 2.40. The first-order chi connectivity index (χ1) is 7.70. The van der Waals surface area contributed by atoms with Crippen LogP contribution in [0.5, 0.6) is 0 Å². The van der Waals surface area contributed by atoms with Gasteiger partial charge in [0.05, 0.1) is 16.8 Å². The minimum Gasteiger partial charge on any atom is -0.377 e. The van der Waals surface area contributed by atoms with Crippen LogP contribution >= 0.6 is 11.3 Å². The molecule has 1 fully saturated rings. The van der Waals surface area contributed by atoms with Crippen LogP contribution in [0, 0.1) is 12.8 Å². The molecule has 4 heteroatoms. The van der Waals surface area contributed by atoms with Crippen LogP contribution in [0.2, 0.25) is 0 Å². The molecule has 0 bridgehead atoms. The Kier molecular flexibility index (Phi) is 3.71. The molecule has 1 aromatic heterocycles. The first kappa shape index (κ1) is 11.7. The minimum atomic E-state index is 0.0898. The van der Waals surface area contributed by atoms with Crippen LogP contribution < -0.4 is 0 Å². The van der Waals surface area contributed by atoms with E-state index in [0.29, 0.717) is 6.42 Å². The van der Waals surface area contributed by atoms with Gasteiger partial charge in [0.2, 0.25) is 0 Å². The number of hydrogen-bond donors (Lipinski definition) is 0. The van der Waals surface area contributed by atoms with Crippen molar-refractivity contribution in [3.8, 4) is 0 Å². The van der Waals surface area contributed by atoms with E-state index in [9.17, 15) is 4.79 Å². The molecular formula is C12H17NO2S. The van der Waals surface area contributed by atoms with E-state index in [-0.39, 0.29) is 17.8 Å². The molecule has 16 heavy (non-hydrogen) atoms. The fourth-order valence-electron chi connectivity index (χ4n) is 2.22. The van der Waals surface area contributed by atoms with E-state index in [1.807, 2.05) is 12.3 Å². The molecule has 1 saturated heterocycles. The minimum absolute atomic E-state index is 0.0898. The summed E-state index contributed by atoms with van der Waals surface area (Å²) in [6.45, 7) is 4.76. The third-order valence-electron chi connectivity index (χ3n) is 3.05. The molecule has 2 rings (SSSR count). The van der Waals surface area contributed by atoms with E-state index in [1.165, 1.54) is 0 Å². The zero-order valence-corrected chi connectivity index (χ0v) is 10.5. The fourth-order valence-corrected chi connectivity index (χ4v) is 2.83. The Labute approximate surface area is 99.8 Å². The number of hydrogen-bond acceptors (Lipinski definition) is 4. The van der Waals surface area contributed by atoms with Crippen LogP contribution in [0.3, 0.4) is 0 Å². The Morgan fingerprint density at radius 2 is 2.50 bits per heavy atom. The standard InChI is InChI=1S/C12H17NO2S/c1-3-12-10(4-5-15-12)11(14)6-9-7-16-8(2)13-9/h7,10,12H,3-6H2,1-2H3. The number of rotatable bonds is 4. The van der Waals surface area contributed by atoms with E-state index in [4.69, 9.17) is 4.74 Å². The normalized spacial score (nSPS) is 24.9. The number of carbonyl (C=O) groups excluding carboxylic acids is 1. The summed E-state index contributed by atoms with van der Waals surface area (Å²) in [5.74, 6) is 0.377. The molecule has 0 aromatic carbocycles. The Hall–Kier alpha value is -0.740. The molecule has 1 aromatic rings. The molecular weight excluding hydrogens is 222 g/mol. The van der Waals surface area contributed by atoms with Crippen molar-refractivity contribution in [3.05, 3.63) is 16.1 Å². The van der Waals surface area contributed by atoms with Crippen molar-refractivity contribution >= 4 is 17.1 Å². The second kappa shape index (κ2) is 5.06. The van der Waals surface area contributed by atoms with Crippen molar-refractivity contribution in [3.63, 3.8) is 0 Å². The Bertz CT molecular complexity index is 375. The predicted octanol–water partition coefficient (Wildman–Crippen LogP) is 2.38. The molecule has 1 aliphatic heterocycles. The summed E-state index contributed by atoms with van der Waals surface area (Å²) in [4.78, 5) is 16.4. The van der Waals surface area contributed by atoms with Gasteiger partial charge in [-0.25, -0.2) is 4.98 Å². The summed E-state index contributed by atoms with van der Waals surface area (Å²) in [6, 6.07) is 0. The highest BCUT2D eigenvalue weighted by molar-refractivity contribution is 7.09. The molecule has 3 nitrogen and oxygen atoms in total. The van der Waals surface area contributed by atoms with Crippen molar-refractivity contribution in [1.29, 1.82) is 0 Å². The van der Waals surface area contributed by atoms with Gasteiger partial charge in [-0.2, -0.15) is 0 Å². The second-order valence-corrected chi connectivity index (χ2v) is 5.28. The van der Waals surface area contributed by atoms with Crippen LogP contribution in [0.4, 0.5) is 0 Å². The maximum atomic E-state index is 12.1. The molecule has 2 heterocycles. The number of ether oxygens (including phenoxy) is 1. The van der Waals surface area contributed by atoms with Gasteiger partial charge in [0.1, 0.15) is 5.78 Å². The van der Waals surface area contributed by atoms with Gasteiger partial charge in [-0.15, -0.1) is 11.3 Å². The Balaban J connectivity index is 1.97. The van der Waals surface area contributed by atoms with Crippen molar-refractivity contribution < 1.29 is 9.53 Å². The zero-order valence-electron chi connectivity index (χ0n) is 9.73. The number of aromatic nitrogens is 1. The van der Waals surface area contributed by atoms with E-state index < -0.39 is 0 Å². The number of aryl methyl sites for hydroxylation is 1. The lowest BCUT2D eigenvalue weighted by molar-refractivity contribution is -0.123. The topological polar surface area (TPSA) is 39.2 Å². The summed E-state index contributed by atoms with van der Waals surface area (Å²) < 4.78 is 5.54. The number of ketones is 1. The average molecular weight is 239 g/mol. The van der Waals surface area contributed by atoms with Crippen LogP contribution in [0.1, 0.15) is 30.5 Å². The van der Waals surface area contributed by atoms with E-state index in [2.05, 4.69) is 11.9 Å². The largest absolute Gasteiger partial charge is 0.377 e. The Morgan fingerprint density at radius 3 is 3.12 bits per heavy atom. The van der Waals surface area contributed by atoms with Gasteiger partial charge in [-0.05, 0) is 19.8 Å². The van der Waals surface area contributed by atoms with Gasteiger partial charge in [0, 0.05) is 24.3 Å². The molecule has 0 spiro atoms. The molecule has 2 unspecified atom stereocenters. The van der Waals surface area contributed by atoms with Crippen LogP contribution in [-0.2, 0) is 16.0 Å². The maximum absolute atomic E-state index is 12.1. The zero-order chi connectivity index (χ0) is 11.5. The predicted molar refractivity (Wildman–Crippen MR) is 63.7 cm³/mol. The van der Waals surface area contributed by atoms with Gasteiger partial charge >= 0.3 is 0 Å². The number of carbonyl (C=O) groups is 1. The van der Waals surface area contributed by atoms with Crippen molar-refractivity contribution in [2.75, 3.05) is 6.61 Å². The fraction of sp³-hybridized carbons (Fsp3) is 0.667. The van der Waals surface area contributed by atoms with E-state index >= 15 is 0 Å². The van der Waals surface area contributed by atoms with E-state index in [0.717, 1.165) is 30.2 Å². The van der Waals surface area contributed by atoms with Crippen molar-refractivity contribution in [1.82, 2.24) is 4.98 Å². The lowest BCUT2D eigenvalue weighted by atomic mass is 9.92. The molecule has 0 aliphatic carbocycles. The lowest BCUT2D eigenvalue weighted by Gasteiger charge is -2.14. The monoisotopic (exact) mass is 239 g/mol. The molecule has 0 N–H and O–H groups in total. The third kappa shape index (κ3) is 2.50. The average Bonchev–Trinajstić information content (AvgIpc) is 2.86. The third-order valence-corrected chi connectivity index (χ3v) is 3.87. The summed E-state index contributed by atoms with van der Waals surface area (Å²) in [5.41, 5.74) is 0.911. The first-order valence-corrected chi connectivity index (χ1v) is 6.64. The molecule has 1 aliphatic rings. The van der Waals surface area contributed by atoms with Gasteiger partial charge in [-0.3, -0.25) is 4.79 Å². The molecule has 0 radical (unpaired) electrons. The molecule has 0 amide bonds. The number of nitrogens with zero attached hydrogens (tertiary/aromatic N) is 1. The van der Waals surface area contributed by atoms with Gasteiger partial charge in [0.25, 0.3) is 0 Å². The highest BCUT2D eigenvalue weighted by atomic mass is 32.1. The van der Waals surface area contributed by atoms with Gasteiger partial charge in [-0.1, -0.05) is 6.92 Å². The van der Waals surface area contributed by atoms with Gasteiger partial charge < -0.3 is 4.74 Å². The maximum Gasteiger partial charge on any atom is 0.144 e.